The van der Waals surface area contributed by atoms with Gasteiger partial charge in [0.1, 0.15) is 0 Å². The monoisotopic (exact) mass is 389 g/mol. The fourth-order valence-corrected chi connectivity index (χ4v) is 3.94. The first kappa shape index (κ1) is 19.9. The van der Waals surface area contributed by atoms with Gasteiger partial charge in [-0.2, -0.15) is 0 Å². The molecule has 3 aromatic rings. The molecular weight excluding hydrogens is 366 g/mol. The molecule has 0 fully saturated rings. The molecule has 1 amide bonds. The van der Waals surface area contributed by atoms with Crippen molar-refractivity contribution in [2.45, 2.75) is 30.9 Å². The van der Waals surface area contributed by atoms with Gasteiger partial charge in [0.25, 0.3) is 0 Å². The Bertz CT molecular complexity index is 961. The van der Waals surface area contributed by atoms with Crippen molar-refractivity contribution in [3.8, 4) is 0 Å². The summed E-state index contributed by atoms with van der Waals surface area (Å²) < 4.78 is 0. The van der Waals surface area contributed by atoms with Crippen LogP contribution in [0, 0.1) is 13.8 Å². The maximum Gasteiger partial charge on any atom is 0.221 e. The minimum Gasteiger partial charge on any atom is -0.326 e. The van der Waals surface area contributed by atoms with Crippen LogP contribution in [-0.2, 0) is 4.79 Å². The third-order valence-corrected chi connectivity index (χ3v) is 5.65. The highest BCUT2D eigenvalue weighted by atomic mass is 32.2. The van der Waals surface area contributed by atoms with Gasteiger partial charge in [-0.1, -0.05) is 59.7 Å². The van der Waals surface area contributed by atoms with Gasteiger partial charge in [0.2, 0.25) is 5.91 Å². The second-order valence-corrected chi connectivity index (χ2v) is 8.02. The average molecular weight is 390 g/mol. The summed E-state index contributed by atoms with van der Waals surface area (Å²) in [4.78, 5) is 25.5. The van der Waals surface area contributed by atoms with E-state index in [1.165, 1.54) is 18.7 Å². The number of carbonyl (C=O) groups excluding carboxylic acids is 2. The molecular formula is C24H23NO2S. The lowest BCUT2D eigenvalue weighted by Crippen LogP contribution is -2.10. The predicted octanol–water partition coefficient (Wildman–Crippen LogP) is 5.98. The quantitative estimate of drug-likeness (QED) is 0.417. The highest BCUT2D eigenvalue weighted by Gasteiger charge is 2.23. The molecule has 0 radical (unpaired) electrons. The highest BCUT2D eigenvalue weighted by molar-refractivity contribution is 8.00. The molecule has 1 unspecified atom stereocenters. The summed E-state index contributed by atoms with van der Waals surface area (Å²) in [5.74, 6) is -0.0210. The predicted molar refractivity (Wildman–Crippen MR) is 116 cm³/mol. The maximum absolute atomic E-state index is 13.3. The molecule has 4 heteroatoms. The summed E-state index contributed by atoms with van der Waals surface area (Å²) in [5.41, 5.74) is 4.72. The second kappa shape index (κ2) is 8.89. The number of nitrogens with one attached hydrogen (secondary N) is 1. The van der Waals surface area contributed by atoms with Gasteiger partial charge in [-0.3, -0.25) is 9.59 Å². The molecule has 0 bridgehead atoms. The number of thioether (sulfide) groups is 1. The van der Waals surface area contributed by atoms with Gasteiger partial charge >= 0.3 is 0 Å². The molecule has 0 aromatic heterocycles. The first-order valence-corrected chi connectivity index (χ1v) is 10.0. The van der Waals surface area contributed by atoms with Gasteiger partial charge < -0.3 is 5.32 Å². The minimum atomic E-state index is -0.338. The summed E-state index contributed by atoms with van der Waals surface area (Å²) in [6, 6.07) is 23.4. The van der Waals surface area contributed by atoms with Crippen molar-refractivity contribution in [3.05, 3.63) is 95.1 Å². The van der Waals surface area contributed by atoms with E-state index in [4.69, 9.17) is 0 Å². The molecule has 3 rings (SSSR count). The van der Waals surface area contributed by atoms with Crippen LogP contribution in [0.1, 0.15) is 39.2 Å². The maximum atomic E-state index is 13.3. The molecule has 0 heterocycles. The van der Waals surface area contributed by atoms with E-state index in [-0.39, 0.29) is 16.9 Å². The van der Waals surface area contributed by atoms with Crippen molar-refractivity contribution < 1.29 is 9.59 Å². The van der Waals surface area contributed by atoms with E-state index >= 15 is 0 Å². The molecule has 0 aliphatic carbocycles. The van der Waals surface area contributed by atoms with Gasteiger partial charge in [-0.05, 0) is 43.7 Å². The Morgan fingerprint density at radius 1 is 0.786 bits per heavy atom. The lowest BCUT2D eigenvalue weighted by molar-refractivity contribution is -0.114. The van der Waals surface area contributed by atoms with Crippen LogP contribution < -0.4 is 5.32 Å². The zero-order valence-corrected chi connectivity index (χ0v) is 17.0. The Hall–Kier alpha value is -2.85. The molecule has 0 aliphatic heterocycles. The fraction of sp³-hybridized carbons (Fsp3) is 0.167. The number of ketones is 1. The number of carbonyl (C=O) groups is 2. The third-order valence-electron chi connectivity index (χ3n) is 4.38. The van der Waals surface area contributed by atoms with Crippen LogP contribution in [-0.4, -0.2) is 11.7 Å². The summed E-state index contributed by atoms with van der Waals surface area (Å²) in [6.45, 7) is 5.53. The molecule has 3 nitrogen and oxygen atoms in total. The first-order valence-electron chi connectivity index (χ1n) is 9.14. The summed E-state index contributed by atoms with van der Waals surface area (Å²) in [5, 5.41) is 2.42. The SMILES string of the molecule is CC(=O)Nc1ccc(SC(C(=O)c2ccc(C)cc2)c2ccc(C)cc2)cc1. The number of anilines is 1. The molecule has 0 saturated carbocycles. The molecule has 0 saturated heterocycles. The van der Waals surface area contributed by atoms with Crippen molar-refractivity contribution in [2.75, 3.05) is 5.32 Å². The standard InChI is InChI=1S/C24H23NO2S/c1-16-4-8-19(9-5-16)23(27)24(20-10-6-17(2)7-11-20)28-22-14-12-21(13-15-22)25-18(3)26/h4-15,24H,1-3H3,(H,25,26). The minimum absolute atomic E-state index is 0.0831. The van der Waals surface area contributed by atoms with Crippen LogP contribution >= 0.6 is 11.8 Å². The third kappa shape index (κ3) is 5.11. The first-order chi connectivity index (χ1) is 13.4. The fourth-order valence-electron chi connectivity index (χ4n) is 2.84. The largest absolute Gasteiger partial charge is 0.326 e. The van der Waals surface area contributed by atoms with Gasteiger partial charge in [0.05, 0.1) is 5.25 Å². The molecule has 0 aliphatic rings. The van der Waals surface area contributed by atoms with Crippen LogP contribution in [0.5, 0.6) is 0 Å². The van der Waals surface area contributed by atoms with Crippen molar-refractivity contribution >= 4 is 29.1 Å². The van der Waals surface area contributed by atoms with Crippen LogP contribution in [0.15, 0.2) is 77.7 Å². The highest BCUT2D eigenvalue weighted by Crippen LogP contribution is 2.38. The Kier molecular flexibility index (Phi) is 6.32. The zero-order valence-electron chi connectivity index (χ0n) is 16.2. The number of aryl methyl sites for hydroxylation is 2. The Morgan fingerprint density at radius 3 is 1.86 bits per heavy atom. The lowest BCUT2D eigenvalue weighted by atomic mass is 10.0. The van der Waals surface area contributed by atoms with Gasteiger partial charge in [-0.25, -0.2) is 0 Å². The summed E-state index contributed by atoms with van der Waals surface area (Å²) in [7, 11) is 0. The van der Waals surface area contributed by atoms with Crippen molar-refractivity contribution in [1.29, 1.82) is 0 Å². The number of amides is 1. The topological polar surface area (TPSA) is 46.2 Å². The smallest absolute Gasteiger partial charge is 0.221 e. The number of rotatable bonds is 6. The Labute approximate surface area is 170 Å². The normalized spacial score (nSPS) is 11.7. The molecule has 142 valence electrons. The van der Waals surface area contributed by atoms with E-state index in [0.717, 1.165) is 27.3 Å². The van der Waals surface area contributed by atoms with Crippen molar-refractivity contribution in [2.24, 2.45) is 0 Å². The van der Waals surface area contributed by atoms with E-state index in [1.54, 1.807) is 0 Å². The van der Waals surface area contributed by atoms with Gasteiger partial charge in [0.15, 0.2) is 5.78 Å². The van der Waals surface area contributed by atoms with Crippen LogP contribution in [0.25, 0.3) is 0 Å². The van der Waals surface area contributed by atoms with Crippen LogP contribution in [0.2, 0.25) is 0 Å². The number of hydrogen-bond donors (Lipinski definition) is 1. The van der Waals surface area contributed by atoms with E-state index in [9.17, 15) is 9.59 Å². The summed E-state index contributed by atoms with van der Waals surface area (Å²) >= 11 is 1.52. The average Bonchev–Trinajstić information content (AvgIpc) is 2.68. The molecule has 0 spiro atoms. The van der Waals surface area contributed by atoms with Gasteiger partial charge in [-0.15, -0.1) is 11.8 Å². The molecule has 1 N–H and O–H groups in total. The van der Waals surface area contributed by atoms with E-state index < -0.39 is 0 Å². The van der Waals surface area contributed by atoms with E-state index in [0.29, 0.717) is 5.56 Å². The zero-order chi connectivity index (χ0) is 20.1. The van der Waals surface area contributed by atoms with Crippen molar-refractivity contribution in [1.82, 2.24) is 0 Å². The van der Waals surface area contributed by atoms with Gasteiger partial charge in [0, 0.05) is 23.1 Å². The number of Topliss-reactive ketones (excluding diaryl/α,β-unsaturated/α-hetero) is 1. The summed E-state index contributed by atoms with van der Waals surface area (Å²) in [6.07, 6.45) is 0. The van der Waals surface area contributed by atoms with Crippen molar-refractivity contribution in [3.63, 3.8) is 0 Å². The number of benzene rings is 3. The molecule has 3 aromatic carbocycles. The Morgan fingerprint density at radius 2 is 1.32 bits per heavy atom. The lowest BCUT2D eigenvalue weighted by Gasteiger charge is -2.17. The number of hydrogen-bond acceptors (Lipinski definition) is 3. The second-order valence-electron chi connectivity index (χ2n) is 6.84. The van der Waals surface area contributed by atoms with E-state index in [2.05, 4.69) is 5.32 Å². The molecule has 1 atom stereocenters. The Balaban J connectivity index is 1.89. The van der Waals surface area contributed by atoms with Crippen LogP contribution in [0.4, 0.5) is 5.69 Å². The van der Waals surface area contributed by atoms with E-state index in [1.807, 2.05) is 86.6 Å². The van der Waals surface area contributed by atoms with Crippen LogP contribution in [0.3, 0.4) is 0 Å². The molecule has 28 heavy (non-hydrogen) atoms.